The molecule has 0 unspecified atom stereocenters. The number of fused-ring (bicyclic) bond motifs is 1. The number of amides is 1. The van der Waals surface area contributed by atoms with Crippen molar-refractivity contribution in [1.29, 1.82) is 0 Å². The van der Waals surface area contributed by atoms with Crippen LogP contribution in [0.4, 0.5) is 18.9 Å². The van der Waals surface area contributed by atoms with Gasteiger partial charge < -0.3 is 9.73 Å². The molecule has 0 bridgehead atoms. The molecule has 118 valence electrons. The average molecular weight is 385 g/mol. The van der Waals surface area contributed by atoms with E-state index in [0.29, 0.717) is 17.0 Å². The van der Waals surface area contributed by atoms with Gasteiger partial charge in [-0.15, -0.1) is 0 Å². The van der Waals surface area contributed by atoms with Gasteiger partial charge in [0.15, 0.2) is 5.58 Å². The number of aromatic nitrogens is 1. The molecule has 1 amide bonds. The molecule has 4 nitrogen and oxygen atoms in total. The molecule has 3 aromatic rings. The van der Waals surface area contributed by atoms with E-state index >= 15 is 0 Å². The summed E-state index contributed by atoms with van der Waals surface area (Å²) in [5, 5.41) is 1.78. The molecule has 1 aromatic heterocycles. The summed E-state index contributed by atoms with van der Waals surface area (Å²) < 4.78 is 43.2. The van der Waals surface area contributed by atoms with Gasteiger partial charge >= 0.3 is 12.1 Å². The molecule has 0 aliphatic heterocycles. The number of carbonyl (C=O) groups excluding carboxylic acids is 1. The van der Waals surface area contributed by atoms with E-state index in [-0.39, 0.29) is 5.69 Å². The van der Waals surface area contributed by atoms with E-state index in [1.807, 2.05) is 12.1 Å². The Morgan fingerprint density at radius 2 is 1.83 bits per heavy atom. The fourth-order valence-corrected chi connectivity index (χ4v) is 2.19. The molecule has 0 fully saturated rings. The lowest BCUT2D eigenvalue weighted by Gasteiger charge is -2.07. The van der Waals surface area contributed by atoms with Gasteiger partial charge in [-0.2, -0.15) is 13.2 Å². The fourth-order valence-electron chi connectivity index (χ4n) is 1.92. The molecule has 1 heterocycles. The van der Waals surface area contributed by atoms with Crippen molar-refractivity contribution >= 4 is 38.6 Å². The molecular formula is C15H8BrF3N2O2. The maximum atomic E-state index is 12.3. The largest absolute Gasteiger partial charge is 0.471 e. The van der Waals surface area contributed by atoms with Crippen molar-refractivity contribution in [2.75, 3.05) is 5.32 Å². The fraction of sp³-hybridized carbons (Fsp3) is 0.0667. The Balaban J connectivity index is 1.92. The molecule has 3 rings (SSSR count). The van der Waals surface area contributed by atoms with Crippen molar-refractivity contribution in [2.45, 2.75) is 6.18 Å². The van der Waals surface area contributed by atoms with E-state index in [4.69, 9.17) is 4.42 Å². The maximum absolute atomic E-state index is 12.3. The van der Waals surface area contributed by atoms with Crippen molar-refractivity contribution in [3.63, 3.8) is 0 Å². The zero-order valence-electron chi connectivity index (χ0n) is 11.3. The molecule has 0 radical (unpaired) electrons. The van der Waals surface area contributed by atoms with Crippen LogP contribution in [0, 0.1) is 0 Å². The minimum absolute atomic E-state index is 0.00418. The number of halogens is 4. The van der Waals surface area contributed by atoms with Crippen LogP contribution >= 0.6 is 15.9 Å². The van der Waals surface area contributed by atoms with E-state index in [9.17, 15) is 18.0 Å². The van der Waals surface area contributed by atoms with Crippen LogP contribution < -0.4 is 5.32 Å². The van der Waals surface area contributed by atoms with E-state index in [1.54, 1.807) is 17.4 Å². The Hall–Kier alpha value is -2.35. The lowest BCUT2D eigenvalue weighted by atomic mass is 10.2. The lowest BCUT2D eigenvalue weighted by molar-refractivity contribution is -0.167. The van der Waals surface area contributed by atoms with Gasteiger partial charge in [-0.3, -0.25) is 4.79 Å². The van der Waals surface area contributed by atoms with Crippen LogP contribution in [0.1, 0.15) is 0 Å². The predicted molar refractivity (Wildman–Crippen MR) is 81.8 cm³/mol. The summed E-state index contributed by atoms with van der Waals surface area (Å²) in [5.74, 6) is -1.69. The number of benzene rings is 2. The maximum Gasteiger partial charge on any atom is 0.471 e. The number of carbonyl (C=O) groups is 1. The van der Waals surface area contributed by atoms with Crippen LogP contribution in [0.25, 0.3) is 22.6 Å². The summed E-state index contributed by atoms with van der Waals surface area (Å²) in [5.41, 5.74) is 1.48. The number of nitrogens with one attached hydrogen (secondary N) is 1. The lowest BCUT2D eigenvalue weighted by Crippen LogP contribution is -2.29. The first-order valence-corrected chi connectivity index (χ1v) is 7.17. The van der Waals surface area contributed by atoms with Gasteiger partial charge in [-0.25, -0.2) is 4.98 Å². The molecule has 0 spiro atoms. The number of anilines is 1. The third-order valence-electron chi connectivity index (χ3n) is 2.99. The molecule has 1 N–H and O–H groups in total. The number of nitrogens with zero attached hydrogens (tertiary/aromatic N) is 1. The van der Waals surface area contributed by atoms with Crippen molar-refractivity contribution in [1.82, 2.24) is 4.98 Å². The van der Waals surface area contributed by atoms with Gasteiger partial charge in [0.05, 0.1) is 0 Å². The number of rotatable bonds is 2. The Bertz CT molecular complexity index is 873. The number of oxazole rings is 1. The first kappa shape index (κ1) is 15.5. The number of hydrogen-bond donors (Lipinski definition) is 1. The van der Waals surface area contributed by atoms with Gasteiger partial charge in [-0.05, 0) is 42.5 Å². The monoisotopic (exact) mass is 384 g/mol. The van der Waals surface area contributed by atoms with Crippen LogP contribution in [0.3, 0.4) is 0 Å². The molecule has 0 saturated carbocycles. The van der Waals surface area contributed by atoms with Gasteiger partial charge in [-0.1, -0.05) is 15.9 Å². The highest BCUT2D eigenvalue weighted by atomic mass is 79.9. The summed E-state index contributed by atoms with van der Waals surface area (Å²) in [7, 11) is 0. The van der Waals surface area contributed by atoms with Crippen LogP contribution in [0.2, 0.25) is 0 Å². The molecule has 23 heavy (non-hydrogen) atoms. The first-order valence-electron chi connectivity index (χ1n) is 6.37. The number of alkyl halides is 3. The van der Waals surface area contributed by atoms with Crippen LogP contribution in [-0.2, 0) is 4.79 Å². The first-order chi connectivity index (χ1) is 10.8. The minimum Gasteiger partial charge on any atom is -0.436 e. The van der Waals surface area contributed by atoms with Gasteiger partial charge in [0.25, 0.3) is 0 Å². The Morgan fingerprint density at radius 1 is 1.13 bits per heavy atom. The summed E-state index contributed by atoms with van der Waals surface area (Å²) in [6, 6.07) is 11.3. The van der Waals surface area contributed by atoms with Gasteiger partial charge in [0, 0.05) is 15.7 Å². The van der Waals surface area contributed by atoms with Crippen molar-refractivity contribution in [3.05, 3.63) is 46.9 Å². The Morgan fingerprint density at radius 3 is 2.48 bits per heavy atom. The second kappa shape index (κ2) is 5.69. The van der Waals surface area contributed by atoms with Crippen molar-refractivity contribution < 1.29 is 22.4 Å². The van der Waals surface area contributed by atoms with Gasteiger partial charge in [0.2, 0.25) is 5.89 Å². The van der Waals surface area contributed by atoms with Crippen LogP contribution in [0.15, 0.2) is 51.4 Å². The average Bonchev–Trinajstić information content (AvgIpc) is 2.90. The summed E-state index contributed by atoms with van der Waals surface area (Å²) in [6.07, 6.45) is -4.94. The smallest absolute Gasteiger partial charge is 0.436 e. The molecule has 0 aliphatic carbocycles. The van der Waals surface area contributed by atoms with E-state index < -0.39 is 12.1 Å². The highest BCUT2D eigenvalue weighted by Crippen LogP contribution is 2.27. The third-order valence-corrected chi connectivity index (χ3v) is 3.52. The van der Waals surface area contributed by atoms with E-state index in [1.165, 1.54) is 18.2 Å². The molecule has 2 aromatic carbocycles. The molecule has 8 heteroatoms. The van der Waals surface area contributed by atoms with Crippen molar-refractivity contribution in [3.8, 4) is 11.5 Å². The second-order valence-electron chi connectivity index (χ2n) is 4.66. The molecular weight excluding hydrogens is 377 g/mol. The molecule has 0 aliphatic rings. The normalized spacial score (nSPS) is 11.7. The Kier molecular flexibility index (Phi) is 3.85. The topological polar surface area (TPSA) is 55.1 Å². The molecule has 0 saturated heterocycles. The SMILES string of the molecule is O=C(Nc1ccc2oc(-c3ccc(Br)cc3)nc2c1)C(F)(F)F. The van der Waals surface area contributed by atoms with Crippen LogP contribution in [0.5, 0.6) is 0 Å². The quantitative estimate of drug-likeness (QED) is 0.692. The second-order valence-corrected chi connectivity index (χ2v) is 5.58. The summed E-state index contributed by atoms with van der Waals surface area (Å²) in [6.45, 7) is 0. The zero-order valence-corrected chi connectivity index (χ0v) is 12.9. The zero-order chi connectivity index (χ0) is 16.6. The minimum atomic E-state index is -4.94. The highest BCUT2D eigenvalue weighted by Gasteiger charge is 2.38. The molecule has 0 atom stereocenters. The standard InChI is InChI=1S/C15H8BrF3N2O2/c16-9-3-1-8(2-4-9)13-21-11-7-10(5-6-12(11)23-13)20-14(22)15(17,18)19/h1-7H,(H,20,22). The highest BCUT2D eigenvalue weighted by molar-refractivity contribution is 9.10. The van der Waals surface area contributed by atoms with Gasteiger partial charge in [0.1, 0.15) is 5.52 Å². The van der Waals surface area contributed by atoms with E-state index in [0.717, 1.165) is 10.0 Å². The summed E-state index contributed by atoms with van der Waals surface area (Å²) >= 11 is 3.32. The third kappa shape index (κ3) is 3.37. The number of hydrogen-bond acceptors (Lipinski definition) is 3. The van der Waals surface area contributed by atoms with Crippen molar-refractivity contribution in [2.24, 2.45) is 0 Å². The summed E-state index contributed by atoms with van der Waals surface area (Å²) in [4.78, 5) is 15.2. The van der Waals surface area contributed by atoms with E-state index in [2.05, 4.69) is 20.9 Å². The van der Waals surface area contributed by atoms with Crippen LogP contribution in [-0.4, -0.2) is 17.1 Å². The predicted octanol–water partition coefficient (Wildman–Crippen LogP) is 4.76. The Labute approximate surface area is 136 Å².